The van der Waals surface area contributed by atoms with Crippen molar-refractivity contribution in [1.82, 2.24) is 15.1 Å². The number of likely N-dealkylation sites (tertiary alicyclic amines) is 2. The lowest BCUT2D eigenvalue weighted by Gasteiger charge is -2.39. The molecule has 3 aliphatic heterocycles. The highest BCUT2D eigenvalue weighted by Gasteiger charge is 2.65. The van der Waals surface area contributed by atoms with Gasteiger partial charge in [-0.3, -0.25) is 19.7 Å². The van der Waals surface area contributed by atoms with E-state index in [4.69, 9.17) is 0 Å². The maximum Gasteiger partial charge on any atom is 0.401 e. The van der Waals surface area contributed by atoms with E-state index in [2.05, 4.69) is 16.7 Å². The molecule has 43 heavy (non-hydrogen) atoms. The number of alkyl halides is 4. The standard InChI is InChI=1S/C30H34F5N5O3/c1-28(2,3)24(37-12-30(33,34)35)26(42)39-11-17-14-7-16(20(32)8-14)21(17)23(39)25(41)40-13-29(9-15(40)10-36)18-5-4-6-19(31)22(18)38-27(29)43/h4-6,14-17,20-21,23-24,37H,7-9,11-13H2,1-3H3,(H,38,43)/t14-,15-,16+,17+,20+,21-,23-,24+,29-/m0/s1. The fourth-order valence-corrected chi connectivity index (χ4v) is 8.58. The summed E-state index contributed by atoms with van der Waals surface area (Å²) < 4.78 is 69.3. The van der Waals surface area contributed by atoms with Gasteiger partial charge in [0.25, 0.3) is 0 Å². The number of carbonyl (C=O) groups is 3. The van der Waals surface area contributed by atoms with Gasteiger partial charge in [0.05, 0.1) is 29.8 Å². The second-order valence-corrected chi connectivity index (χ2v) is 13.9. The first kappa shape index (κ1) is 29.8. The fourth-order valence-electron chi connectivity index (χ4n) is 8.58. The number of amides is 3. The van der Waals surface area contributed by atoms with Crippen LogP contribution in [0.5, 0.6) is 0 Å². The van der Waals surface area contributed by atoms with Crippen LogP contribution in [-0.4, -0.2) is 77.6 Å². The van der Waals surface area contributed by atoms with E-state index in [0.717, 1.165) is 0 Å². The van der Waals surface area contributed by atoms with Crippen molar-refractivity contribution in [3.63, 3.8) is 0 Å². The summed E-state index contributed by atoms with van der Waals surface area (Å²) in [5, 5.41) is 15.0. The molecular weight excluding hydrogens is 573 g/mol. The van der Waals surface area contributed by atoms with Gasteiger partial charge in [-0.05, 0) is 53.6 Å². The molecule has 4 fully saturated rings. The molecule has 13 heteroatoms. The van der Waals surface area contributed by atoms with Gasteiger partial charge in [-0.1, -0.05) is 32.9 Å². The highest BCUT2D eigenvalue weighted by atomic mass is 19.4. The molecule has 2 saturated carbocycles. The summed E-state index contributed by atoms with van der Waals surface area (Å²) in [5.74, 6) is -3.86. The van der Waals surface area contributed by atoms with Crippen LogP contribution < -0.4 is 10.6 Å². The van der Waals surface area contributed by atoms with Crippen molar-refractivity contribution >= 4 is 23.4 Å². The Labute approximate surface area is 245 Å². The van der Waals surface area contributed by atoms with Crippen molar-refractivity contribution in [1.29, 1.82) is 5.26 Å². The molecule has 2 saturated heterocycles. The average molecular weight is 608 g/mol. The summed E-state index contributed by atoms with van der Waals surface area (Å²) in [7, 11) is 0. The van der Waals surface area contributed by atoms with Crippen molar-refractivity contribution in [2.75, 3.05) is 25.0 Å². The van der Waals surface area contributed by atoms with Crippen LogP contribution in [0, 0.1) is 46.2 Å². The second kappa shape index (κ2) is 9.87. The lowest BCUT2D eigenvalue weighted by molar-refractivity contribution is -0.151. The van der Waals surface area contributed by atoms with Crippen molar-refractivity contribution in [2.24, 2.45) is 29.1 Å². The van der Waals surface area contributed by atoms with Gasteiger partial charge in [-0.2, -0.15) is 18.4 Å². The van der Waals surface area contributed by atoms with E-state index in [0.29, 0.717) is 18.4 Å². The van der Waals surface area contributed by atoms with E-state index in [1.165, 1.54) is 21.9 Å². The topological polar surface area (TPSA) is 106 Å². The molecule has 6 rings (SSSR count). The first-order chi connectivity index (χ1) is 20.1. The number of halogens is 5. The number of para-hydroxylation sites is 1. The smallest absolute Gasteiger partial charge is 0.329 e. The van der Waals surface area contributed by atoms with Gasteiger partial charge in [0.15, 0.2) is 0 Å². The molecule has 1 aromatic rings. The molecule has 232 valence electrons. The minimum Gasteiger partial charge on any atom is -0.329 e. The summed E-state index contributed by atoms with van der Waals surface area (Å²) in [5.41, 5.74) is -2.02. The Morgan fingerprint density at radius 3 is 2.56 bits per heavy atom. The number of fused-ring (bicyclic) bond motifs is 7. The number of nitrogens with one attached hydrogen (secondary N) is 2. The quantitative estimate of drug-likeness (QED) is 0.510. The maximum absolute atomic E-state index is 15.1. The third-order valence-electron chi connectivity index (χ3n) is 10.4. The van der Waals surface area contributed by atoms with Gasteiger partial charge in [-0.25, -0.2) is 8.78 Å². The van der Waals surface area contributed by atoms with Crippen LogP contribution in [0.1, 0.15) is 45.6 Å². The zero-order valence-corrected chi connectivity index (χ0v) is 24.0. The number of anilines is 1. The number of carbonyl (C=O) groups excluding carboxylic acids is 3. The largest absolute Gasteiger partial charge is 0.401 e. The predicted molar refractivity (Wildman–Crippen MR) is 143 cm³/mol. The summed E-state index contributed by atoms with van der Waals surface area (Å²) in [6.07, 6.45) is -4.99. The minimum absolute atomic E-state index is 0.00615. The highest BCUT2D eigenvalue weighted by molar-refractivity contribution is 6.07. The molecule has 2 bridgehead atoms. The van der Waals surface area contributed by atoms with Crippen LogP contribution in [0.25, 0.3) is 0 Å². The molecule has 0 radical (unpaired) electrons. The van der Waals surface area contributed by atoms with E-state index < -0.39 is 83.2 Å². The lowest BCUT2D eigenvalue weighted by atomic mass is 9.77. The zero-order chi connectivity index (χ0) is 31.2. The van der Waals surface area contributed by atoms with Crippen molar-refractivity contribution < 1.29 is 36.3 Å². The van der Waals surface area contributed by atoms with Crippen LogP contribution in [0.4, 0.5) is 27.6 Å². The number of nitrogens with zero attached hydrogens (tertiary/aromatic N) is 3. The Bertz CT molecular complexity index is 1410. The molecule has 1 aromatic carbocycles. The Hall–Kier alpha value is -3.27. The molecule has 9 atom stereocenters. The van der Waals surface area contributed by atoms with Gasteiger partial charge >= 0.3 is 6.18 Å². The SMILES string of the molecule is CC(C)(C)[C@H](NCC(F)(F)F)C(=O)N1C[C@@H]2[C@H]3C[C@@H]([C@@H]2[C@H]1C(=O)N1C[C@]2(C[C@H]1C#N)C(=O)Nc1c(F)cccc12)[C@H](F)C3. The molecule has 2 aliphatic carbocycles. The van der Waals surface area contributed by atoms with Crippen LogP contribution in [0.2, 0.25) is 0 Å². The highest BCUT2D eigenvalue weighted by Crippen LogP contribution is 2.59. The van der Waals surface area contributed by atoms with Crippen LogP contribution >= 0.6 is 0 Å². The van der Waals surface area contributed by atoms with Crippen LogP contribution in [0.3, 0.4) is 0 Å². The van der Waals surface area contributed by atoms with E-state index in [1.807, 2.05) is 0 Å². The fraction of sp³-hybridized carbons (Fsp3) is 0.667. The van der Waals surface area contributed by atoms with Gasteiger partial charge < -0.3 is 15.1 Å². The molecule has 0 unspecified atom stereocenters. The van der Waals surface area contributed by atoms with Gasteiger partial charge in [-0.15, -0.1) is 0 Å². The lowest BCUT2D eigenvalue weighted by Crippen LogP contribution is -2.59. The normalized spacial score (nSPS) is 35.2. The number of nitriles is 1. The summed E-state index contributed by atoms with van der Waals surface area (Å²) >= 11 is 0. The van der Waals surface area contributed by atoms with E-state index in [1.54, 1.807) is 26.8 Å². The van der Waals surface area contributed by atoms with E-state index in [9.17, 15) is 37.2 Å². The third-order valence-corrected chi connectivity index (χ3v) is 10.4. The third kappa shape index (κ3) is 4.59. The number of rotatable bonds is 4. The molecule has 5 aliphatic rings. The Morgan fingerprint density at radius 1 is 1.19 bits per heavy atom. The molecule has 3 amide bonds. The Morgan fingerprint density at radius 2 is 1.91 bits per heavy atom. The second-order valence-electron chi connectivity index (χ2n) is 13.9. The van der Waals surface area contributed by atoms with Crippen molar-refractivity contribution in [2.45, 2.75) is 75.9 Å². The molecule has 1 spiro atoms. The molecule has 3 heterocycles. The first-order valence-corrected chi connectivity index (χ1v) is 14.6. The summed E-state index contributed by atoms with van der Waals surface area (Å²) in [6.45, 7) is 3.31. The Kier molecular flexibility index (Phi) is 6.84. The van der Waals surface area contributed by atoms with Gasteiger partial charge in [0.2, 0.25) is 17.7 Å². The minimum atomic E-state index is -4.58. The van der Waals surface area contributed by atoms with Gasteiger partial charge in [0.1, 0.15) is 24.1 Å². The monoisotopic (exact) mass is 607 g/mol. The van der Waals surface area contributed by atoms with Crippen molar-refractivity contribution in [3.05, 3.63) is 29.6 Å². The Balaban J connectivity index is 1.36. The van der Waals surface area contributed by atoms with E-state index in [-0.39, 0.29) is 37.0 Å². The molecule has 2 N–H and O–H groups in total. The molecule has 8 nitrogen and oxygen atoms in total. The van der Waals surface area contributed by atoms with Crippen molar-refractivity contribution in [3.8, 4) is 6.07 Å². The molecule has 0 aromatic heterocycles. The summed E-state index contributed by atoms with van der Waals surface area (Å²) in [6, 6.07) is 2.70. The molecular formula is C30H34F5N5O3. The maximum atomic E-state index is 15.1. The summed E-state index contributed by atoms with van der Waals surface area (Å²) in [4.78, 5) is 44.4. The van der Waals surface area contributed by atoms with Gasteiger partial charge in [0, 0.05) is 19.5 Å². The van der Waals surface area contributed by atoms with Crippen LogP contribution in [-0.2, 0) is 19.8 Å². The predicted octanol–water partition coefficient (Wildman–Crippen LogP) is 3.53. The number of benzene rings is 1. The number of hydrogen-bond donors (Lipinski definition) is 2. The van der Waals surface area contributed by atoms with E-state index >= 15 is 4.39 Å². The average Bonchev–Trinajstić information content (AvgIpc) is 3.70. The zero-order valence-electron chi connectivity index (χ0n) is 24.0. The first-order valence-electron chi connectivity index (χ1n) is 14.6. The number of hydrogen-bond acceptors (Lipinski definition) is 5. The van der Waals surface area contributed by atoms with Crippen LogP contribution in [0.15, 0.2) is 18.2 Å².